The number of nitrogens with zero attached hydrogens (tertiary/aromatic N) is 4. The van der Waals surface area contributed by atoms with Gasteiger partial charge >= 0.3 is 0 Å². The second-order valence-electron chi connectivity index (χ2n) is 7.22. The number of aromatic amines is 1. The van der Waals surface area contributed by atoms with Crippen molar-refractivity contribution in [2.75, 3.05) is 11.4 Å². The minimum Gasteiger partial charge on any atom is -0.327 e. The van der Waals surface area contributed by atoms with Crippen molar-refractivity contribution in [2.24, 2.45) is 7.05 Å². The van der Waals surface area contributed by atoms with Crippen LogP contribution in [0.2, 0.25) is 0 Å². The van der Waals surface area contributed by atoms with Crippen LogP contribution >= 0.6 is 0 Å². The molecule has 144 valence electrons. The number of nitrogens with one attached hydrogen (secondary N) is 1. The molecule has 3 aromatic heterocycles. The predicted octanol–water partition coefficient (Wildman–Crippen LogP) is 3.12. The van der Waals surface area contributed by atoms with Gasteiger partial charge in [-0.3, -0.25) is 19.3 Å². The summed E-state index contributed by atoms with van der Waals surface area (Å²) < 4.78 is 1.58. The number of benzene rings is 1. The third-order valence-corrected chi connectivity index (χ3v) is 5.43. The van der Waals surface area contributed by atoms with Crippen molar-refractivity contribution in [3.63, 3.8) is 0 Å². The molecule has 1 N–H and O–H groups in total. The lowest BCUT2D eigenvalue weighted by atomic mass is 10.0. The predicted molar refractivity (Wildman–Crippen MR) is 112 cm³/mol. The Kier molecular flexibility index (Phi) is 4.01. The number of H-pyrrole nitrogens is 1. The van der Waals surface area contributed by atoms with E-state index in [9.17, 15) is 9.59 Å². The molecular weight excluding hydrogens is 366 g/mol. The van der Waals surface area contributed by atoms with E-state index in [-0.39, 0.29) is 11.5 Å². The molecule has 4 aromatic rings. The monoisotopic (exact) mass is 385 g/mol. The standard InChI is InChI=1S/C22H19N5O2/c1-26-21-19(13-25-26)18(12-24-22(21)29)16-9-15(10-23-11-16)14-4-6-17(7-5-14)27-8-2-3-20(27)28/h4-7,9-13H,2-3,8H2,1H3,(H,24,29). The van der Waals surface area contributed by atoms with Crippen LogP contribution in [0.15, 0.2) is 59.9 Å². The maximum absolute atomic E-state index is 12.1. The maximum atomic E-state index is 12.1. The Bertz CT molecular complexity index is 1290. The van der Waals surface area contributed by atoms with Gasteiger partial charge in [-0.2, -0.15) is 5.10 Å². The first-order valence-electron chi connectivity index (χ1n) is 9.51. The maximum Gasteiger partial charge on any atom is 0.274 e. The highest BCUT2D eigenvalue weighted by Crippen LogP contribution is 2.30. The van der Waals surface area contributed by atoms with E-state index in [4.69, 9.17) is 0 Å². The van der Waals surface area contributed by atoms with Gasteiger partial charge in [0.2, 0.25) is 5.91 Å². The lowest BCUT2D eigenvalue weighted by molar-refractivity contribution is -0.117. The van der Waals surface area contributed by atoms with Crippen LogP contribution in [0.1, 0.15) is 12.8 Å². The second kappa shape index (κ2) is 6.70. The average Bonchev–Trinajstić information content (AvgIpc) is 3.35. The van der Waals surface area contributed by atoms with Crippen LogP contribution in [0.3, 0.4) is 0 Å². The number of pyridine rings is 2. The lowest BCUT2D eigenvalue weighted by Gasteiger charge is -2.16. The van der Waals surface area contributed by atoms with Gasteiger partial charge in [-0.1, -0.05) is 12.1 Å². The molecule has 0 spiro atoms. The first kappa shape index (κ1) is 17.4. The Morgan fingerprint density at radius 2 is 1.79 bits per heavy atom. The van der Waals surface area contributed by atoms with Crippen molar-refractivity contribution < 1.29 is 4.79 Å². The van der Waals surface area contributed by atoms with E-state index in [2.05, 4.69) is 15.1 Å². The Morgan fingerprint density at radius 3 is 2.55 bits per heavy atom. The minimum atomic E-state index is -0.167. The zero-order valence-corrected chi connectivity index (χ0v) is 15.9. The van der Waals surface area contributed by atoms with E-state index in [1.54, 1.807) is 30.3 Å². The number of hydrogen-bond donors (Lipinski definition) is 1. The number of carbonyl (C=O) groups excluding carboxylic acids is 1. The van der Waals surface area contributed by atoms with Crippen LogP contribution < -0.4 is 10.5 Å². The van der Waals surface area contributed by atoms with Crippen LogP contribution in [0.25, 0.3) is 33.2 Å². The van der Waals surface area contributed by atoms with E-state index >= 15 is 0 Å². The summed E-state index contributed by atoms with van der Waals surface area (Å²) in [6.07, 6.45) is 8.53. The number of hydrogen-bond acceptors (Lipinski definition) is 4. The fourth-order valence-electron chi connectivity index (χ4n) is 3.93. The fraction of sp³-hybridized carbons (Fsp3) is 0.182. The number of fused-ring (bicyclic) bond motifs is 1. The summed E-state index contributed by atoms with van der Waals surface area (Å²) in [6, 6.07) is 10.0. The summed E-state index contributed by atoms with van der Waals surface area (Å²) in [5.41, 5.74) is 5.05. The molecule has 1 aliphatic rings. The van der Waals surface area contributed by atoms with Gasteiger partial charge in [0.25, 0.3) is 5.56 Å². The van der Waals surface area contributed by atoms with E-state index in [1.807, 2.05) is 41.4 Å². The number of aromatic nitrogens is 4. The van der Waals surface area contributed by atoms with E-state index in [1.165, 1.54) is 0 Å². The molecule has 0 aliphatic carbocycles. The number of rotatable bonds is 3. The normalized spacial score (nSPS) is 14.1. The molecule has 1 fully saturated rings. The Morgan fingerprint density at radius 1 is 1.00 bits per heavy atom. The summed E-state index contributed by atoms with van der Waals surface area (Å²) >= 11 is 0. The lowest BCUT2D eigenvalue weighted by Crippen LogP contribution is -2.23. The molecule has 1 aromatic carbocycles. The number of aryl methyl sites for hydroxylation is 1. The number of carbonyl (C=O) groups is 1. The first-order valence-corrected chi connectivity index (χ1v) is 9.51. The zero-order valence-electron chi connectivity index (χ0n) is 15.9. The molecule has 1 aliphatic heterocycles. The molecule has 7 heteroatoms. The molecule has 0 saturated carbocycles. The Balaban J connectivity index is 1.53. The summed E-state index contributed by atoms with van der Waals surface area (Å²) in [5, 5.41) is 5.01. The van der Waals surface area contributed by atoms with Gasteiger partial charge in [-0.15, -0.1) is 0 Å². The highest BCUT2D eigenvalue weighted by atomic mass is 16.2. The molecule has 7 nitrogen and oxygen atoms in total. The smallest absolute Gasteiger partial charge is 0.274 e. The molecule has 0 atom stereocenters. The highest BCUT2D eigenvalue weighted by molar-refractivity contribution is 5.96. The van der Waals surface area contributed by atoms with Gasteiger partial charge in [-0.05, 0) is 30.2 Å². The molecule has 0 bridgehead atoms. The average molecular weight is 385 g/mol. The van der Waals surface area contributed by atoms with Crippen LogP contribution in [0, 0.1) is 0 Å². The van der Waals surface area contributed by atoms with Gasteiger partial charge in [0.1, 0.15) is 5.52 Å². The van der Waals surface area contributed by atoms with Crippen molar-refractivity contribution in [1.29, 1.82) is 0 Å². The quantitative estimate of drug-likeness (QED) is 0.587. The zero-order chi connectivity index (χ0) is 20.0. The minimum absolute atomic E-state index is 0.167. The largest absolute Gasteiger partial charge is 0.327 e. The molecule has 1 saturated heterocycles. The van der Waals surface area contributed by atoms with Crippen molar-refractivity contribution in [1.82, 2.24) is 19.7 Å². The summed E-state index contributed by atoms with van der Waals surface area (Å²) in [7, 11) is 1.75. The van der Waals surface area contributed by atoms with Gasteiger partial charge < -0.3 is 9.88 Å². The highest BCUT2D eigenvalue weighted by Gasteiger charge is 2.21. The van der Waals surface area contributed by atoms with Gasteiger partial charge in [0, 0.05) is 66.4 Å². The summed E-state index contributed by atoms with van der Waals surface area (Å²) in [6.45, 7) is 0.780. The van der Waals surface area contributed by atoms with Crippen LogP contribution in [0.4, 0.5) is 5.69 Å². The van der Waals surface area contributed by atoms with Crippen LogP contribution in [-0.4, -0.2) is 32.2 Å². The van der Waals surface area contributed by atoms with E-state index < -0.39 is 0 Å². The fourth-order valence-corrected chi connectivity index (χ4v) is 3.93. The van der Waals surface area contributed by atoms with Crippen molar-refractivity contribution >= 4 is 22.5 Å². The van der Waals surface area contributed by atoms with Crippen molar-refractivity contribution in [3.05, 3.63) is 65.5 Å². The van der Waals surface area contributed by atoms with Gasteiger partial charge in [0.05, 0.1) is 6.20 Å². The third-order valence-electron chi connectivity index (χ3n) is 5.43. The van der Waals surface area contributed by atoms with Crippen molar-refractivity contribution in [2.45, 2.75) is 12.8 Å². The topological polar surface area (TPSA) is 83.9 Å². The van der Waals surface area contributed by atoms with Gasteiger partial charge in [0.15, 0.2) is 0 Å². The molecule has 1 amide bonds. The Labute approximate surface area is 166 Å². The second-order valence-corrected chi connectivity index (χ2v) is 7.22. The molecule has 29 heavy (non-hydrogen) atoms. The third kappa shape index (κ3) is 2.91. The van der Waals surface area contributed by atoms with Crippen molar-refractivity contribution in [3.8, 4) is 22.3 Å². The summed E-state index contributed by atoms with van der Waals surface area (Å²) in [4.78, 5) is 33.1. The molecular formula is C22H19N5O2. The summed E-state index contributed by atoms with van der Waals surface area (Å²) in [5.74, 6) is 0.181. The number of amides is 1. The first-order chi connectivity index (χ1) is 14.1. The van der Waals surface area contributed by atoms with Crippen LogP contribution in [-0.2, 0) is 11.8 Å². The SMILES string of the molecule is Cn1ncc2c(-c3cncc(-c4ccc(N5CCCC5=O)cc4)c3)c[nH]c(=O)c21. The van der Waals surface area contributed by atoms with Gasteiger partial charge in [-0.25, -0.2) is 0 Å². The van der Waals surface area contributed by atoms with E-state index in [0.717, 1.165) is 46.3 Å². The molecule has 5 rings (SSSR count). The molecule has 0 unspecified atom stereocenters. The number of anilines is 1. The van der Waals surface area contributed by atoms with Crippen LogP contribution in [0.5, 0.6) is 0 Å². The van der Waals surface area contributed by atoms with E-state index in [0.29, 0.717) is 11.9 Å². The molecule has 0 radical (unpaired) electrons. The molecule has 4 heterocycles. The Hall–Kier alpha value is -3.74.